The van der Waals surface area contributed by atoms with Gasteiger partial charge in [0.25, 0.3) is 11.8 Å². The molecule has 8 nitrogen and oxygen atoms in total. The van der Waals surface area contributed by atoms with Crippen molar-refractivity contribution < 1.29 is 19.1 Å². The van der Waals surface area contributed by atoms with Gasteiger partial charge in [0.15, 0.2) is 0 Å². The van der Waals surface area contributed by atoms with E-state index in [1.54, 1.807) is 36.3 Å². The van der Waals surface area contributed by atoms with E-state index in [4.69, 9.17) is 4.74 Å². The Morgan fingerprint density at radius 1 is 1.02 bits per heavy atom. The van der Waals surface area contributed by atoms with E-state index < -0.39 is 18.1 Å². The molecule has 0 saturated carbocycles. The quantitative estimate of drug-likeness (QED) is 0.308. The number of hydrogen-bond donors (Lipinski definition) is 2. The van der Waals surface area contributed by atoms with Gasteiger partial charge in [0.05, 0.1) is 18.4 Å². The highest BCUT2D eigenvalue weighted by molar-refractivity contribution is 6.24. The third-order valence-electron chi connectivity index (χ3n) is 7.88. The molecule has 4 amide bonds. The molecule has 3 heterocycles. The monoisotopic (exact) mass is 536 g/mol. The molecule has 204 valence electrons. The van der Waals surface area contributed by atoms with Gasteiger partial charge in [-0.3, -0.25) is 14.5 Å². The number of H-pyrrole nitrogens is 1. The Morgan fingerprint density at radius 3 is 2.50 bits per heavy atom. The minimum absolute atomic E-state index is 0.301. The van der Waals surface area contributed by atoms with Gasteiger partial charge in [-0.15, -0.1) is 0 Å². The largest absolute Gasteiger partial charge is 0.497 e. The smallest absolute Gasteiger partial charge is 0.332 e. The summed E-state index contributed by atoms with van der Waals surface area (Å²) < 4.78 is 5.36. The van der Waals surface area contributed by atoms with Crippen LogP contribution in [0.5, 0.6) is 5.75 Å². The van der Waals surface area contributed by atoms with Gasteiger partial charge in [-0.2, -0.15) is 0 Å². The number of ether oxygens (including phenoxy) is 1. The Balaban J connectivity index is 1.43. The highest BCUT2D eigenvalue weighted by Crippen LogP contribution is 2.45. The molecule has 2 unspecified atom stereocenters. The Labute approximate surface area is 232 Å². The SMILES string of the molecule is COc1ccc(C2c3[nH]c4ccccc4c3CC3C(=O)N(c4ccccc4C(=O)NCCC(C)C)C(=O)N32)cc1. The number of amides is 4. The first kappa shape index (κ1) is 25.7. The van der Waals surface area contributed by atoms with Crippen molar-refractivity contribution >= 4 is 34.4 Å². The molecule has 2 aliphatic heterocycles. The number of carbonyl (C=O) groups excluding carboxylic acids is 3. The third-order valence-corrected chi connectivity index (χ3v) is 7.88. The van der Waals surface area contributed by atoms with Crippen LogP contribution in [-0.4, -0.2) is 47.4 Å². The zero-order valence-corrected chi connectivity index (χ0v) is 22.8. The Morgan fingerprint density at radius 2 is 1.75 bits per heavy atom. The minimum Gasteiger partial charge on any atom is -0.497 e. The molecule has 2 aliphatic rings. The van der Waals surface area contributed by atoms with E-state index in [9.17, 15) is 14.4 Å². The van der Waals surface area contributed by atoms with Gasteiger partial charge < -0.3 is 15.0 Å². The molecule has 0 radical (unpaired) electrons. The van der Waals surface area contributed by atoms with Gasteiger partial charge in [-0.25, -0.2) is 9.69 Å². The van der Waals surface area contributed by atoms with Crippen LogP contribution in [-0.2, 0) is 11.2 Å². The molecular formula is C32H32N4O4. The van der Waals surface area contributed by atoms with Gasteiger partial charge >= 0.3 is 6.03 Å². The average Bonchev–Trinajstić information content (AvgIpc) is 3.46. The van der Waals surface area contributed by atoms with E-state index >= 15 is 0 Å². The molecule has 6 rings (SSSR count). The van der Waals surface area contributed by atoms with Crippen LogP contribution in [0, 0.1) is 5.92 Å². The number of benzene rings is 3. The summed E-state index contributed by atoms with van der Waals surface area (Å²) in [6.07, 6.45) is 1.22. The lowest BCUT2D eigenvalue weighted by Gasteiger charge is -2.36. The first-order valence-corrected chi connectivity index (χ1v) is 13.7. The summed E-state index contributed by atoms with van der Waals surface area (Å²) in [7, 11) is 1.61. The van der Waals surface area contributed by atoms with Crippen LogP contribution >= 0.6 is 0 Å². The van der Waals surface area contributed by atoms with Crippen molar-refractivity contribution in [2.24, 2.45) is 5.92 Å². The van der Waals surface area contributed by atoms with E-state index in [1.807, 2.05) is 48.5 Å². The topological polar surface area (TPSA) is 94.7 Å². The summed E-state index contributed by atoms with van der Waals surface area (Å²) in [5.74, 6) is 0.513. The van der Waals surface area contributed by atoms with Crippen molar-refractivity contribution in [2.45, 2.75) is 38.8 Å². The third kappa shape index (κ3) is 4.20. The summed E-state index contributed by atoms with van der Waals surface area (Å²) in [5.41, 5.74) is 4.35. The molecule has 3 aromatic carbocycles. The predicted octanol–water partition coefficient (Wildman–Crippen LogP) is 5.44. The summed E-state index contributed by atoms with van der Waals surface area (Å²) in [4.78, 5) is 47.9. The highest BCUT2D eigenvalue weighted by atomic mass is 16.5. The van der Waals surface area contributed by atoms with Gasteiger partial charge in [-0.1, -0.05) is 56.3 Å². The zero-order valence-electron chi connectivity index (χ0n) is 22.8. The number of fused-ring (bicyclic) bond motifs is 4. The molecule has 0 spiro atoms. The van der Waals surface area contributed by atoms with Gasteiger partial charge in [0, 0.05) is 29.6 Å². The van der Waals surface area contributed by atoms with Crippen LogP contribution in [0.1, 0.15) is 53.5 Å². The number of carbonyl (C=O) groups is 3. The Bertz CT molecular complexity index is 1610. The Hall–Kier alpha value is -4.59. The second-order valence-corrected chi connectivity index (χ2v) is 10.8. The normalized spacial score (nSPS) is 18.3. The summed E-state index contributed by atoms with van der Waals surface area (Å²) in [6, 6.07) is 20.7. The standard InChI is InChI=1S/C32H32N4O4/c1-19(2)16-17-33-30(37)23-9-5-7-11-26(23)36-31(38)27-18-24-22-8-4-6-10-25(22)34-28(24)29(35(27)32(36)39)20-12-14-21(40-3)15-13-20/h4-15,19,27,29,34H,16-18H2,1-3H3,(H,33,37). The maximum atomic E-state index is 14.2. The van der Waals surface area contributed by atoms with Crippen molar-refractivity contribution in [1.29, 1.82) is 0 Å². The minimum atomic E-state index is -0.705. The molecule has 40 heavy (non-hydrogen) atoms. The number of nitrogens with one attached hydrogen (secondary N) is 2. The lowest BCUT2D eigenvalue weighted by Crippen LogP contribution is -2.44. The maximum Gasteiger partial charge on any atom is 0.332 e. The van der Waals surface area contributed by atoms with Crippen molar-refractivity contribution in [1.82, 2.24) is 15.2 Å². The second kappa shape index (κ2) is 10.2. The van der Waals surface area contributed by atoms with Crippen molar-refractivity contribution in [3.8, 4) is 5.75 Å². The summed E-state index contributed by atoms with van der Waals surface area (Å²) >= 11 is 0. The maximum absolute atomic E-state index is 14.2. The average molecular weight is 537 g/mol. The van der Waals surface area contributed by atoms with Gasteiger partial charge in [0.1, 0.15) is 17.8 Å². The van der Waals surface area contributed by atoms with Gasteiger partial charge in [-0.05, 0) is 53.8 Å². The van der Waals surface area contributed by atoms with Crippen LogP contribution in [0.15, 0.2) is 72.8 Å². The lowest BCUT2D eigenvalue weighted by atomic mass is 9.89. The van der Waals surface area contributed by atoms with Crippen LogP contribution < -0.4 is 15.0 Å². The molecular weight excluding hydrogens is 504 g/mol. The molecule has 0 aliphatic carbocycles. The van der Waals surface area contributed by atoms with Crippen LogP contribution in [0.3, 0.4) is 0 Å². The number of imide groups is 1. The van der Waals surface area contributed by atoms with E-state index in [0.29, 0.717) is 35.9 Å². The molecule has 2 atom stereocenters. The summed E-state index contributed by atoms with van der Waals surface area (Å²) in [5, 5.41) is 3.98. The molecule has 4 aromatic rings. The van der Waals surface area contributed by atoms with E-state index in [-0.39, 0.29) is 11.8 Å². The highest BCUT2D eigenvalue weighted by Gasteiger charge is 2.53. The molecule has 1 aromatic heterocycles. The van der Waals surface area contributed by atoms with Crippen molar-refractivity contribution in [2.75, 3.05) is 18.6 Å². The van der Waals surface area contributed by atoms with E-state index in [0.717, 1.165) is 34.1 Å². The fourth-order valence-corrected chi connectivity index (χ4v) is 5.86. The first-order chi connectivity index (χ1) is 19.4. The number of urea groups is 1. The van der Waals surface area contributed by atoms with Crippen LogP contribution in [0.4, 0.5) is 10.5 Å². The fraction of sp³-hybridized carbons (Fsp3) is 0.281. The molecule has 0 bridgehead atoms. The first-order valence-electron chi connectivity index (χ1n) is 13.7. The number of hydrogen-bond acceptors (Lipinski definition) is 4. The van der Waals surface area contributed by atoms with Gasteiger partial charge in [0.2, 0.25) is 0 Å². The number of nitrogens with zero attached hydrogens (tertiary/aromatic N) is 2. The number of aromatic nitrogens is 1. The second-order valence-electron chi connectivity index (χ2n) is 10.8. The van der Waals surface area contributed by atoms with Crippen molar-refractivity contribution in [3.63, 3.8) is 0 Å². The van der Waals surface area contributed by atoms with Crippen molar-refractivity contribution in [3.05, 3.63) is 95.2 Å². The molecule has 2 N–H and O–H groups in total. The number of anilines is 1. The Kier molecular flexibility index (Phi) is 6.54. The fourth-order valence-electron chi connectivity index (χ4n) is 5.86. The number of methoxy groups -OCH3 is 1. The molecule has 8 heteroatoms. The zero-order chi connectivity index (χ0) is 28.0. The van der Waals surface area contributed by atoms with Crippen LogP contribution in [0.25, 0.3) is 10.9 Å². The summed E-state index contributed by atoms with van der Waals surface area (Å²) in [6.45, 7) is 4.70. The molecule has 1 saturated heterocycles. The predicted molar refractivity (Wildman–Crippen MR) is 154 cm³/mol. The number of aromatic amines is 1. The van der Waals surface area contributed by atoms with Crippen LogP contribution in [0.2, 0.25) is 0 Å². The number of para-hydroxylation sites is 2. The molecule has 1 fully saturated rings. The van der Waals surface area contributed by atoms with E-state index in [1.165, 1.54) is 4.90 Å². The number of rotatable bonds is 7. The van der Waals surface area contributed by atoms with E-state index in [2.05, 4.69) is 24.1 Å². The lowest BCUT2D eigenvalue weighted by molar-refractivity contribution is -0.120.